The van der Waals surface area contributed by atoms with Crippen molar-refractivity contribution in [2.24, 2.45) is 11.8 Å². The van der Waals surface area contributed by atoms with Gasteiger partial charge >= 0.3 is 11.9 Å². The minimum absolute atomic E-state index is 0.0295. The highest BCUT2D eigenvalue weighted by Gasteiger charge is 2.45. The van der Waals surface area contributed by atoms with E-state index in [1.54, 1.807) is 0 Å². The second kappa shape index (κ2) is 7.47. The first kappa shape index (κ1) is 18.0. The van der Waals surface area contributed by atoms with E-state index < -0.39 is 23.8 Å². The van der Waals surface area contributed by atoms with E-state index in [9.17, 15) is 14.4 Å². The Labute approximate surface area is 141 Å². The van der Waals surface area contributed by atoms with Gasteiger partial charge in [0.1, 0.15) is 11.5 Å². The topological polar surface area (TPSA) is 78.9 Å². The highest BCUT2D eigenvalue weighted by Crippen LogP contribution is 2.44. The molecule has 6 heteroatoms. The molecule has 0 aliphatic carbocycles. The van der Waals surface area contributed by atoms with E-state index in [0.717, 1.165) is 11.1 Å². The molecule has 2 atom stereocenters. The van der Waals surface area contributed by atoms with Gasteiger partial charge in [0.15, 0.2) is 5.92 Å². The fourth-order valence-corrected chi connectivity index (χ4v) is 3.26. The van der Waals surface area contributed by atoms with Crippen molar-refractivity contribution >= 4 is 17.7 Å². The van der Waals surface area contributed by atoms with Gasteiger partial charge in [-0.2, -0.15) is 0 Å². The molecule has 24 heavy (non-hydrogen) atoms. The van der Waals surface area contributed by atoms with Crippen LogP contribution in [0.4, 0.5) is 0 Å². The van der Waals surface area contributed by atoms with Crippen LogP contribution in [0.1, 0.15) is 30.4 Å². The molecule has 0 saturated carbocycles. The molecule has 1 aromatic rings. The van der Waals surface area contributed by atoms with Gasteiger partial charge in [0.05, 0.1) is 20.8 Å². The van der Waals surface area contributed by atoms with E-state index in [1.807, 2.05) is 25.1 Å². The third kappa shape index (κ3) is 3.58. The molecule has 0 radical (unpaired) electrons. The average molecular weight is 334 g/mol. The van der Waals surface area contributed by atoms with Crippen LogP contribution < -0.4 is 4.74 Å². The Morgan fingerprint density at radius 1 is 1.21 bits per heavy atom. The van der Waals surface area contributed by atoms with Gasteiger partial charge in [-0.3, -0.25) is 9.59 Å². The van der Waals surface area contributed by atoms with Gasteiger partial charge in [-0.15, -0.1) is 0 Å². The van der Waals surface area contributed by atoms with E-state index in [-0.39, 0.29) is 24.7 Å². The first-order valence-corrected chi connectivity index (χ1v) is 7.77. The van der Waals surface area contributed by atoms with Gasteiger partial charge in [0.25, 0.3) is 0 Å². The van der Waals surface area contributed by atoms with Crippen LogP contribution in [0, 0.1) is 18.8 Å². The summed E-state index contributed by atoms with van der Waals surface area (Å²) in [4.78, 5) is 36.2. The van der Waals surface area contributed by atoms with E-state index >= 15 is 0 Å². The Morgan fingerprint density at radius 3 is 2.38 bits per heavy atom. The van der Waals surface area contributed by atoms with Crippen molar-refractivity contribution in [3.05, 3.63) is 29.3 Å². The number of methoxy groups -OCH3 is 2. The summed E-state index contributed by atoms with van der Waals surface area (Å²) in [6.45, 7) is 3.65. The van der Waals surface area contributed by atoms with E-state index in [2.05, 4.69) is 0 Å². The third-order valence-corrected chi connectivity index (χ3v) is 4.30. The quantitative estimate of drug-likeness (QED) is 0.605. The normalized spacial score (nSPS) is 19.2. The highest BCUT2D eigenvalue weighted by molar-refractivity contribution is 5.96. The average Bonchev–Trinajstić information content (AvgIpc) is 2.55. The Morgan fingerprint density at radius 2 is 1.83 bits per heavy atom. The fraction of sp³-hybridized carbons (Fsp3) is 0.500. The summed E-state index contributed by atoms with van der Waals surface area (Å²) in [5, 5.41) is 0. The molecule has 130 valence electrons. The number of rotatable bonds is 5. The summed E-state index contributed by atoms with van der Waals surface area (Å²) < 4.78 is 15.4. The minimum atomic E-state index is -1.13. The summed E-state index contributed by atoms with van der Waals surface area (Å²) in [5.41, 5.74) is 1.70. The summed E-state index contributed by atoms with van der Waals surface area (Å²) in [6, 6.07) is 5.59. The fourth-order valence-electron chi connectivity index (χ4n) is 3.26. The molecular formula is C18H22O6. The number of aryl methyl sites for hydroxylation is 1. The van der Waals surface area contributed by atoms with Crippen molar-refractivity contribution in [1.29, 1.82) is 0 Å². The van der Waals surface area contributed by atoms with Crippen molar-refractivity contribution in [3.8, 4) is 5.75 Å². The molecular weight excluding hydrogens is 312 g/mol. The Kier molecular flexibility index (Phi) is 5.59. The van der Waals surface area contributed by atoms with E-state index in [1.165, 1.54) is 21.1 Å². The number of fused-ring (bicyclic) bond motifs is 1. The van der Waals surface area contributed by atoms with Crippen LogP contribution in [0.25, 0.3) is 0 Å². The van der Waals surface area contributed by atoms with Gasteiger partial charge in [-0.05, 0) is 25.5 Å². The number of carbonyl (C=O) groups excluding carboxylic acids is 3. The Hall–Kier alpha value is -2.37. The molecule has 1 aromatic carbocycles. The molecule has 0 bridgehead atoms. The molecule has 2 rings (SSSR count). The van der Waals surface area contributed by atoms with Gasteiger partial charge in [-0.25, -0.2) is 0 Å². The number of hydrogen-bond donors (Lipinski definition) is 0. The largest absolute Gasteiger partial charge is 0.493 e. The molecule has 0 saturated heterocycles. The van der Waals surface area contributed by atoms with Gasteiger partial charge in [0, 0.05) is 18.3 Å². The number of esters is 2. The second-order valence-electron chi connectivity index (χ2n) is 6.07. The first-order chi connectivity index (χ1) is 11.4. The lowest BCUT2D eigenvalue weighted by Crippen LogP contribution is -2.40. The van der Waals surface area contributed by atoms with Crippen molar-refractivity contribution in [3.63, 3.8) is 0 Å². The number of ketones is 1. The van der Waals surface area contributed by atoms with Gasteiger partial charge in [0.2, 0.25) is 0 Å². The zero-order valence-corrected chi connectivity index (χ0v) is 14.3. The maximum absolute atomic E-state index is 12.3. The zero-order valence-electron chi connectivity index (χ0n) is 14.3. The van der Waals surface area contributed by atoms with Crippen LogP contribution in [0.2, 0.25) is 0 Å². The maximum atomic E-state index is 12.3. The monoisotopic (exact) mass is 334 g/mol. The van der Waals surface area contributed by atoms with Crippen LogP contribution in [-0.4, -0.2) is 38.5 Å². The molecule has 0 fully saturated rings. The lowest BCUT2D eigenvalue weighted by atomic mass is 9.73. The van der Waals surface area contributed by atoms with Crippen LogP contribution >= 0.6 is 0 Å². The highest BCUT2D eigenvalue weighted by atomic mass is 16.5. The second-order valence-corrected chi connectivity index (χ2v) is 6.07. The molecule has 1 aliphatic heterocycles. The summed E-state index contributed by atoms with van der Waals surface area (Å²) in [7, 11) is 2.46. The van der Waals surface area contributed by atoms with Crippen LogP contribution in [0.15, 0.2) is 18.2 Å². The summed E-state index contributed by atoms with van der Waals surface area (Å²) >= 11 is 0. The predicted molar refractivity (Wildman–Crippen MR) is 85.7 cm³/mol. The van der Waals surface area contributed by atoms with Crippen molar-refractivity contribution in [2.45, 2.75) is 26.2 Å². The number of ether oxygens (including phenoxy) is 3. The van der Waals surface area contributed by atoms with Crippen LogP contribution in [0.3, 0.4) is 0 Å². The zero-order chi connectivity index (χ0) is 17.9. The smallest absolute Gasteiger partial charge is 0.320 e. The summed E-state index contributed by atoms with van der Waals surface area (Å²) in [5.74, 6) is -2.72. The van der Waals surface area contributed by atoms with Crippen LogP contribution in [-0.2, 0) is 23.9 Å². The first-order valence-electron chi connectivity index (χ1n) is 7.77. The van der Waals surface area contributed by atoms with Crippen LogP contribution in [0.5, 0.6) is 5.75 Å². The van der Waals surface area contributed by atoms with Crippen molar-refractivity contribution < 1.29 is 28.6 Å². The number of hydrogen-bond acceptors (Lipinski definition) is 6. The Balaban J connectivity index is 2.56. The van der Waals surface area contributed by atoms with Gasteiger partial charge < -0.3 is 19.0 Å². The van der Waals surface area contributed by atoms with E-state index in [0.29, 0.717) is 5.75 Å². The molecule has 1 heterocycles. The molecule has 2 unspecified atom stereocenters. The van der Waals surface area contributed by atoms with Crippen molar-refractivity contribution in [1.82, 2.24) is 0 Å². The van der Waals surface area contributed by atoms with Gasteiger partial charge in [-0.1, -0.05) is 17.7 Å². The minimum Gasteiger partial charge on any atom is -0.493 e. The van der Waals surface area contributed by atoms with E-state index in [4.69, 9.17) is 14.2 Å². The molecule has 1 aliphatic rings. The molecule has 0 amide bonds. The molecule has 0 N–H and O–H groups in total. The Bertz CT molecular complexity index is 635. The maximum Gasteiger partial charge on any atom is 0.320 e. The predicted octanol–water partition coefficient (Wildman–Crippen LogP) is 2.03. The number of carbonyl (C=O) groups is 3. The SMILES string of the molecule is COC(=O)C(C(=O)OC)C1c2cc(C)ccc2OCC1CC(C)=O. The lowest BCUT2D eigenvalue weighted by Gasteiger charge is -2.36. The third-order valence-electron chi connectivity index (χ3n) is 4.30. The lowest BCUT2D eigenvalue weighted by molar-refractivity contribution is -0.161. The number of benzene rings is 1. The standard InChI is InChI=1S/C18H22O6/c1-10-5-6-14-13(7-10)15(12(9-24-14)8-11(2)19)16(17(20)22-3)18(21)23-4/h5-7,12,15-16H,8-9H2,1-4H3. The molecule has 6 nitrogen and oxygen atoms in total. The molecule has 0 spiro atoms. The number of Topliss-reactive ketones (excluding diaryl/α,β-unsaturated/α-hetero) is 1. The summed E-state index contributed by atoms with van der Waals surface area (Å²) in [6.07, 6.45) is 0.211. The van der Waals surface area contributed by atoms with Crippen molar-refractivity contribution in [2.75, 3.05) is 20.8 Å². The molecule has 0 aromatic heterocycles.